The van der Waals surface area contributed by atoms with E-state index in [-0.39, 0.29) is 17.5 Å². The molecular formula is C10H9F2NO. The second-order valence-electron chi connectivity index (χ2n) is 3.30. The van der Waals surface area contributed by atoms with Crippen LogP contribution in [0.5, 0.6) is 0 Å². The smallest absolute Gasteiger partial charge is 0.263 e. The highest BCUT2D eigenvalue weighted by molar-refractivity contribution is 5.83. The van der Waals surface area contributed by atoms with E-state index in [1.165, 1.54) is 12.1 Å². The number of nitrogens with one attached hydrogen (secondary N) is 1. The maximum atomic E-state index is 12.3. The minimum Gasteiger partial charge on any atom is -0.349 e. The fourth-order valence-electron chi connectivity index (χ4n) is 1.47. The van der Waals surface area contributed by atoms with Gasteiger partial charge in [-0.05, 0) is 11.6 Å². The zero-order chi connectivity index (χ0) is 10.1. The van der Waals surface area contributed by atoms with Crippen molar-refractivity contribution in [1.82, 2.24) is 5.32 Å². The van der Waals surface area contributed by atoms with Gasteiger partial charge in [0.05, 0.1) is 12.5 Å². The summed E-state index contributed by atoms with van der Waals surface area (Å²) >= 11 is 0. The van der Waals surface area contributed by atoms with Crippen LogP contribution in [0.1, 0.15) is 30.0 Å². The SMILES string of the molecule is O=C1CC(c2cccc(C(F)F)c2)N1. The molecule has 1 saturated heterocycles. The summed E-state index contributed by atoms with van der Waals surface area (Å²) in [5.41, 5.74) is 0.756. The van der Waals surface area contributed by atoms with Gasteiger partial charge in [0.25, 0.3) is 6.43 Å². The van der Waals surface area contributed by atoms with Gasteiger partial charge in [-0.25, -0.2) is 8.78 Å². The molecule has 0 aromatic heterocycles. The Morgan fingerprint density at radius 3 is 2.71 bits per heavy atom. The van der Waals surface area contributed by atoms with E-state index in [1.807, 2.05) is 0 Å². The second kappa shape index (κ2) is 3.36. The minimum atomic E-state index is -2.45. The Labute approximate surface area is 79.9 Å². The predicted molar refractivity (Wildman–Crippen MR) is 46.9 cm³/mol. The molecule has 2 rings (SSSR count). The van der Waals surface area contributed by atoms with Crippen molar-refractivity contribution >= 4 is 5.91 Å². The summed E-state index contributed by atoms with van der Waals surface area (Å²) in [5, 5.41) is 2.64. The number of carbonyl (C=O) groups is 1. The highest BCUT2D eigenvalue weighted by atomic mass is 19.3. The van der Waals surface area contributed by atoms with Crippen molar-refractivity contribution in [3.63, 3.8) is 0 Å². The van der Waals surface area contributed by atoms with Crippen LogP contribution in [0, 0.1) is 0 Å². The minimum absolute atomic E-state index is 0.00338. The van der Waals surface area contributed by atoms with Crippen molar-refractivity contribution < 1.29 is 13.6 Å². The lowest BCUT2D eigenvalue weighted by Gasteiger charge is -2.27. The van der Waals surface area contributed by atoms with Crippen LogP contribution in [0.15, 0.2) is 24.3 Å². The largest absolute Gasteiger partial charge is 0.349 e. The number of carbonyl (C=O) groups excluding carboxylic acids is 1. The molecule has 1 unspecified atom stereocenters. The summed E-state index contributed by atoms with van der Waals surface area (Å²) in [5.74, 6) is -0.0301. The molecule has 1 heterocycles. The van der Waals surface area contributed by atoms with Gasteiger partial charge in [0.1, 0.15) is 0 Å². The van der Waals surface area contributed by atoms with Gasteiger partial charge in [0.2, 0.25) is 5.91 Å². The normalized spacial score (nSPS) is 20.5. The molecule has 0 aliphatic carbocycles. The van der Waals surface area contributed by atoms with Crippen molar-refractivity contribution in [3.05, 3.63) is 35.4 Å². The van der Waals surface area contributed by atoms with Gasteiger partial charge in [0.15, 0.2) is 0 Å². The molecule has 1 fully saturated rings. The standard InChI is InChI=1S/C10H9F2NO/c11-10(12)7-3-1-2-6(4-7)8-5-9(14)13-8/h1-4,8,10H,5H2,(H,13,14). The average molecular weight is 197 g/mol. The van der Waals surface area contributed by atoms with Crippen LogP contribution in [0.4, 0.5) is 8.78 Å². The number of halogens is 2. The molecule has 0 saturated carbocycles. The van der Waals surface area contributed by atoms with E-state index >= 15 is 0 Å². The fourth-order valence-corrected chi connectivity index (χ4v) is 1.47. The maximum absolute atomic E-state index is 12.3. The van der Waals surface area contributed by atoms with Crippen LogP contribution in [0.2, 0.25) is 0 Å². The summed E-state index contributed by atoms with van der Waals surface area (Å²) < 4.78 is 24.6. The molecular weight excluding hydrogens is 188 g/mol. The van der Waals surface area contributed by atoms with Crippen LogP contribution < -0.4 is 5.32 Å². The Balaban J connectivity index is 2.18. The lowest BCUT2D eigenvalue weighted by Crippen LogP contribution is -2.41. The number of hydrogen-bond acceptors (Lipinski definition) is 1. The topological polar surface area (TPSA) is 29.1 Å². The molecule has 1 atom stereocenters. The van der Waals surface area contributed by atoms with E-state index in [2.05, 4.69) is 5.32 Å². The highest BCUT2D eigenvalue weighted by Gasteiger charge is 2.26. The molecule has 1 aliphatic rings. The first-order valence-electron chi connectivity index (χ1n) is 4.34. The Bertz CT molecular complexity index is 357. The third-order valence-electron chi connectivity index (χ3n) is 2.29. The average Bonchev–Trinajstić information content (AvgIpc) is 2.13. The summed E-state index contributed by atoms with van der Waals surface area (Å²) in [4.78, 5) is 10.6. The van der Waals surface area contributed by atoms with Gasteiger partial charge in [0, 0.05) is 5.56 Å². The summed E-state index contributed by atoms with van der Waals surface area (Å²) in [6.45, 7) is 0. The van der Waals surface area contributed by atoms with Gasteiger partial charge < -0.3 is 5.32 Å². The predicted octanol–water partition coefficient (Wildman–Crippen LogP) is 2.19. The molecule has 1 aromatic rings. The van der Waals surface area contributed by atoms with Crippen molar-refractivity contribution in [2.45, 2.75) is 18.9 Å². The van der Waals surface area contributed by atoms with Crippen molar-refractivity contribution in [1.29, 1.82) is 0 Å². The monoisotopic (exact) mass is 197 g/mol. The number of benzene rings is 1. The zero-order valence-corrected chi connectivity index (χ0v) is 7.34. The van der Waals surface area contributed by atoms with E-state index in [0.717, 1.165) is 5.56 Å². The molecule has 1 N–H and O–H groups in total. The molecule has 1 aromatic carbocycles. The highest BCUT2D eigenvalue weighted by Crippen LogP contribution is 2.27. The molecule has 2 nitrogen and oxygen atoms in total. The Hall–Kier alpha value is -1.45. The molecule has 1 amide bonds. The van der Waals surface area contributed by atoms with Crippen LogP contribution in [-0.4, -0.2) is 5.91 Å². The maximum Gasteiger partial charge on any atom is 0.263 e. The first-order valence-corrected chi connectivity index (χ1v) is 4.34. The first-order chi connectivity index (χ1) is 6.66. The van der Waals surface area contributed by atoms with Crippen molar-refractivity contribution in [3.8, 4) is 0 Å². The fraction of sp³-hybridized carbons (Fsp3) is 0.300. The third kappa shape index (κ3) is 1.60. The van der Waals surface area contributed by atoms with Crippen molar-refractivity contribution in [2.24, 2.45) is 0 Å². The molecule has 74 valence electrons. The van der Waals surface area contributed by atoms with E-state index in [4.69, 9.17) is 0 Å². The summed E-state index contributed by atoms with van der Waals surface area (Å²) in [6.07, 6.45) is -2.06. The lowest BCUT2D eigenvalue weighted by molar-refractivity contribution is -0.128. The molecule has 14 heavy (non-hydrogen) atoms. The van der Waals surface area contributed by atoms with Crippen LogP contribution in [0.3, 0.4) is 0 Å². The Morgan fingerprint density at radius 1 is 1.43 bits per heavy atom. The first kappa shape index (κ1) is 9.12. The summed E-state index contributed by atoms with van der Waals surface area (Å²) in [7, 11) is 0. The van der Waals surface area contributed by atoms with Crippen LogP contribution in [-0.2, 0) is 4.79 Å². The van der Waals surface area contributed by atoms with Gasteiger partial charge in [-0.2, -0.15) is 0 Å². The molecule has 0 bridgehead atoms. The Morgan fingerprint density at radius 2 is 2.14 bits per heavy atom. The number of hydrogen-bond donors (Lipinski definition) is 1. The molecule has 1 aliphatic heterocycles. The number of alkyl halides is 2. The van der Waals surface area contributed by atoms with Gasteiger partial charge in [-0.15, -0.1) is 0 Å². The molecule has 0 spiro atoms. The van der Waals surface area contributed by atoms with E-state index in [9.17, 15) is 13.6 Å². The van der Waals surface area contributed by atoms with Crippen LogP contribution >= 0.6 is 0 Å². The van der Waals surface area contributed by atoms with Crippen molar-refractivity contribution in [2.75, 3.05) is 0 Å². The number of rotatable bonds is 2. The van der Waals surface area contributed by atoms with Gasteiger partial charge >= 0.3 is 0 Å². The van der Waals surface area contributed by atoms with Gasteiger partial charge in [-0.3, -0.25) is 4.79 Å². The lowest BCUT2D eigenvalue weighted by atomic mass is 9.96. The summed E-state index contributed by atoms with van der Waals surface area (Å²) in [6, 6.07) is 6.07. The van der Waals surface area contributed by atoms with E-state index in [1.54, 1.807) is 12.1 Å². The molecule has 4 heteroatoms. The number of amides is 1. The second-order valence-corrected chi connectivity index (χ2v) is 3.30. The quantitative estimate of drug-likeness (QED) is 0.723. The number of β-lactam (4-membered cyclic amide) rings is 1. The zero-order valence-electron chi connectivity index (χ0n) is 7.34. The molecule has 0 radical (unpaired) electrons. The Kier molecular flexibility index (Phi) is 2.19. The third-order valence-corrected chi connectivity index (χ3v) is 2.29. The van der Waals surface area contributed by atoms with E-state index < -0.39 is 6.43 Å². The van der Waals surface area contributed by atoms with Crippen LogP contribution in [0.25, 0.3) is 0 Å². The van der Waals surface area contributed by atoms with Gasteiger partial charge in [-0.1, -0.05) is 18.2 Å². The van der Waals surface area contributed by atoms with E-state index in [0.29, 0.717) is 6.42 Å².